The standard InChI is InChI=1S/C21H23Cl2NO2/c1-21(2,3)26-20(25)24-19-12-14-6-4-5-7-15(14)16(19)10-13-8-9-17(22)18(23)11-13/h4-9,11,16,19H,10,12H2,1-3H3,(H,24,25)/t16-,19+/m1/s1. The van der Waals surface area contributed by atoms with E-state index >= 15 is 0 Å². The number of carbonyl (C=O) groups excluding carboxylic acids is 1. The molecule has 3 rings (SSSR count). The molecule has 1 amide bonds. The minimum absolute atomic E-state index is 0.0169. The molecular weight excluding hydrogens is 369 g/mol. The second-order valence-electron chi connectivity index (χ2n) is 7.71. The first-order valence-corrected chi connectivity index (χ1v) is 9.50. The Kier molecular flexibility index (Phi) is 5.50. The molecule has 0 heterocycles. The number of rotatable bonds is 3. The third-order valence-corrected chi connectivity index (χ3v) is 5.26. The van der Waals surface area contributed by atoms with Gasteiger partial charge in [0.05, 0.1) is 10.0 Å². The Morgan fingerprint density at radius 2 is 1.88 bits per heavy atom. The molecule has 0 saturated carbocycles. The molecule has 2 atom stereocenters. The number of hydrogen-bond donors (Lipinski definition) is 1. The monoisotopic (exact) mass is 391 g/mol. The second-order valence-corrected chi connectivity index (χ2v) is 8.53. The molecule has 0 radical (unpaired) electrons. The Morgan fingerprint density at radius 3 is 2.58 bits per heavy atom. The molecule has 0 aromatic heterocycles. The van der Waals surface area contributed by atoms with Gasteiger partial charge >= 0.3 is 6.09 Å². The fourth-order valence-electron chi connectivity index (χ4n) is 3.46. The van der Waals surface area contributed by atoms with E-state index in [-0.39, 0.29) is 18.1 Å². The maximum atomic E-state index is 12.3. The van der Waals surface area contributed by atoms with Crippen molar-refractivity contribution in [2.24, 2.45) is 0 Å². The highest BCUT2D eigenvalue weighted by Gasteiger charge is 2.34. The molecule has 0 fully saturated rings. The Labute approximate surface area is 164 Å². The maximum Gasteiger partial charge on any atom is 0.407 e. The summed E-state index contributed by atoms with van der Waals surface area (Å²) in [6.45, 7) is 5.59. The van der Waals surface area contributed by atoms with Crippen molar-refractivity contribution >= 4 is 29.3 Å². The van der Waals surface area contributed by atoms with Crippen LogP contribution in [0, 0.1) is 0 Å². The molecule has 0 bridgehead atoms. The number of alkyl carbamates (subject to hydrolysis) is 1. The highest BCUT2D eigenvalue weighted by molar-refractivity contribution is 6.42. The summed E-state index contributed by atoms with van der Waals surface area (Å²) in [5.41, 5.74) is 3.10. The minimum Gasteiger partial charge on any atom is -0.444 e. The second kappa shape index (κ2) is 7.50. The lowest BCUT2D eigenvalue weighted by molar-refractivity contribution is 0.0499. The summed E-state index contributed by atoms with van der Waals surface area (Å²) in [7, 11) is 0. The van der Waals surface area contributed by atoms with Gasteiger partial charge < -0.3 is 10.1 Å². The molecule has 0 spiro atoms. The number of ether oxygens (including phenoxy) is 1. The number of carbonyl (C=O) groups is 1. The zero-order valence-corrected chi connectivity index (χ0v) is 16.7. The van der Waals surface area contributed by atoms with Gasteiger partial charge in [-0.3, -0.25) is 0 Å². The van der Waals surface area contributed by atoms with Crippen LogP contribution >= 0.6 is 23.2 Å². The first-order chi connectivity index (χ1) is 12.2. The van der Waals surface area contributed by atoms with Crippen LogP contribution in [-0.4, -0.2) is 17.7 Å². The molecule has 3 nitrogen and oxygen atoms in total. The van der Waals surface area contributed by atoms with Gasteiger partial charge in [0, 0.05) is 12.0 Å². The van der Waals surface area contributed by atoms with E-state index in [9.17, 15) is 4.79 Å². The van der Waals surface area contributed by atoms with E-state index in [1.807, 2.05) is 51.1 Å². The van der Waals surface area contributed by atoms with Crippen molar-refractivity contribution in [2.75, 3.05) is 0 Å². The number of amides is 1. The predicted molar refractivity (Wildman–Crippen MR) is 106 cm³/mol. The van der Waals surface area contributed by atoms with E-state index in [2.05, 4.69) is 17.4 Å². The van der Waals surface area contributed by atoms with Gasteiger partial charge in [0.15, 0.2) is 0 Å². The Morgan fingerprint density at radius 1 is 1.15 bits per heavy atom. The van der Waals surface area contributed by atoms with Crippen LogP contribution in [0.4, 0.5) is 4.79 Å². The summed E-state index contributed by atoms with van der Waals surface area (Å²) >= 11 is 12.2. The molecule has 2 aromatic carbocycles. The van der Waals surface area contributed by atoms with E-state index in [0.717, 1.165) is 18.4 Å². The third-order valence-electron chi connectivity index (χ3n) is 4.52. The van der Waals surface area contributed by atoms with Crippen molar-refractivity contribution in [1.82, 2.24) is 5.32 Å². The molecule has 1 aliphatic carbocycles. The van der Waals surface area contributed by atoms with Gasteiger partial charge in [0.1, 0.15) is 5.60 Å². The average Bonchev–Trinajstić information content (AvgIpc) is 2.86. The summed E-state index contributed by atoms with van der Waals surface area (Å²) in [4.78, 5) is 12.3. The number of benzene rings is 2. The smallest absolute Gasteiger partial charge is 0.407 e. The van der Waals surface area contributed by atoms with Crippen LogP contribution in [0.15, 0.2) is 42.5 Å². The van der Waals surface area contributed by atoms with Gasteiger partial charge in [-0.2, -0.15) is 0 Å². The number of fused-ring (bicyclic) bond motifs is 1. The highest BCUT2D eigenvalue weighted by Crippen LogP contribution is 2.37. The summed E-state index contributed by atoms with van der Waals surface area (Å²) in [5.74, 6) is 0.163. The van der Waals surface area contributed by atoms with Crippen molar-refractivity contribution in [2.45, 2.75) is 51.2 Å². The molecule has 1 N–H and O–H groups in total. The molecular formula is C21H23Cl2NO2. The summed E-state index contributed by atoms with van der Waals surface area (Å²) in [6, 6.07) is 14.0. The van der Waals surface area contributed by atoms with Gasteiger partial charge in [-0.05, 0) is 62.4 Å². The Hall–Kier alpha value is -1.71. The molecule has 0 aliphatic heterocycles. The van der Waals surface area contributed by atoms with E-state index in [0.29, 0.717) is 10.0 Å². The van der Waals surface area contributed by atoms with Crippen molar-refractivity contribution in [1.29, 1.82) is 0 Å². The lowest BCUT2D eigenvalue weighted by Crippen LogP contribution is -2.41. The van der Waals surface area contributed by atoms with E-state index in [4.69, 9.17) is 27.9 Å². The minimum atomic E-state index is -0.519. The van der Waals surface area contributed by atoms with Gasteiger partial charge in [-0.15, -0.1) is 0 Å². The Balaban J connectivity index is 1.82. The van der Waals surface area contributed by atoms with Crippen LogP contribution in [-0.2, 0) is 17.6 Å². The topological polar surface area (TPSA) is 38.3 Å². The van der Waals surface area contributed by atoms with E-state index in [1.165, 1.54) is 11.1 Å². The molecule has 1 aliphatic rings. The molecule has 5 heteroatoms. The van der Waals surface area contributed by atoms with E-state index in [1.54, 1.807) is 0 Å². The largest absolute Gasteiger partial charge is 0.444 e. The molecule has 0 unspecified atom stereocenters. The maximum absolute atomic E-state index is 12.3. The first kappa shape index (κ1) is 19.1. The van der Waals surface area contributed by atoms with Gasteiger partial charge in [0.25, 0.3) is 0 Å². The van der Waals surface area contributed by atoms with Crippen LogP contribution in [0.5, 0.6) is 0 Å². The average molecular weight is 392 g/mol. The fraction of sp³-hybridized carbons (Fsp3) is 0.381. The zero-order chi connectivity index (χ0) is 18.9. The number of hydrogen-bond acceptors (Lipinski definition) is 2. The highest BCUT2D eigenvalue weighted by atomic mass is 35.5. The van der Waals surface area contributed by atoms with Crippen LogP contribution < -0.4 is 5.32 Å². The quantitative estimate of drug-likeness (QED) is 0.720. The third kappa shape index (κ3) is 4.52. The van der Waals surface area contributed by atoms with E-state index < -0.39 is 5.60 Å². The van der Waals surface area contributed by atoms with Crippen LogP contribution in [0.25, 0.3) is 0 Å². The van der Waals surface area contributed by atoms with Crippen LogP contribution in [0.2, 0.25) is 10.0 Å². The SMILES string of the molecule is CC(C)(C)OC(=O)N[C@H]1Cc2ccccc2[C@H]1Cc1ccc(Cl)c(Cl)c1. The molecule has 26 heavy (non-hydrogen) atoms. The first-order valence-electron chi connectivity index (χ1n) is 8.74. The fourth-order valence-corrected chi connectivity index (χ4v) is 3.78. The normalized spacial score (nSPS) is 19.1. The van der Waals surface area contributed by atoms with Crippen molar-refractivity contribution in [3.63, 3.8) is 0 Å². The summed E-state index contributed by atoms with van der Waals surface area (Å²) in [6.07, 6.45) is 1.19. The summed E-state index contributed by atoms with van der Waals surface area (Å²) < 4.78 is 5.44. The van der Waals surface area contributed by atoms with Crippen molar-refractivity contribution in [3.8, 4) is 0 Å². The molecule has 2 aromatic rings. The predicted octanol–water partition coefficient (Wildman–Crippen LogP) is 5.77. The van der Waals surface area contributed by atoms with Crippen molar-refractivity contribution in [3.05, 3.63) is 69.2 Å². The molecule has 0 saturated heterocycles. The van der Waals surface area contributed by atoms with Crippen molar-refractivity contribution < 1.29 is 9.53 Å². The molecule has 138 valence electrons. The van der Waals surface area contributed by atoms with Crippen LogP contribution in [0.3, 0.4) is 0 Å². The number of halogens is 2. The van der Waals surface area contributed by atoms with Gasteiger partial charge in [-0.25, -0.2) is 4.79 Å². The van der Waals surface area contributed by atoms with Gasteiger partial charge in [0.2, 0.25) is 0 Å². The lowest BCUT2D eigenvalue weighted by Gasteiger charge is -2.25. The van der Waals surface area contributed by atoms with Crippen LogP contribution in [0.1, 0.15) is 43.4 Å². The number of nitrogens with one attached hydrogen (secondary N) is 1. The summed E-state index contributed by atoms with van der Waals surface area (Å²) in [5, 5.41) is 4.15. The Bertz CT molecular complexity index is 814. The zero-order valence-electron chi connectivity index (χ0n) is 15.2. The lowest BCUT2D eigenvalue weighted by atomic mass is 9.91. The van der Waals surface area contributed by atoms with Gasteiger partial charge in [-0.1, -0.05) is 53.5 Å².